The molecule has 0 aliphatic carbocycles. The summed E-state index contributed by atoms with van der Waals surface area (Å²) in [5, 5.41) is 3.28. The number of hydrogen-bond donors (Lipinski definition) is 1. The summed E-state index contributed by atoms with van der Waals surface area (Å²) in [4.78, 5) is 8.70. The van der Waals surface area contributed by atoms with Crippen LogP contribution in [0.2, 0.25) is 0 Å². The number of aromatic nitrogens is 1. The average Bonchev–Trinajstić information content (AvgIpc) is 2.30. The fraction of sp³-hybridized carbons (Fsp3) is 0.500. The predicted octanol–water partition coefficient (Wildman–Crippen LogP) is 1.61. The Morgan fingerprint density at radius 1 is 1.44 bits per heavy atom. The Morgan fingerprint density at radius 2 is 2.31 bits per heavy atom. The molecule has 0 aromatic carbocycles. The molecule has 0 saturated heterocycles. The van der Waals surface area contributed by atoms with Gasteiger partial charge in [-0.1, -0.05) is 0 Å². The van der Waals surface area contributed by atoms with E-state index in [9.17, 15) is 0 Å². The summed E-state index contributed by atoms with van der Waals surface area (Å²) in [5.41, 5.74) is 0.955. The van der Waals surface area contributed by atoms with Crippen molar-refractivity contribution in [3.8, 4) is 5.88 Å². The largest absolute Gasteiger partial charge is 0.474 e. The average molecular weight is 219 g/mol. The van der Waals surface area contributed by atoms with Gasteiger partial charge >= 0.3 is 0 Å². The minimum atomic E-state index is 0.123. The first kappa shape index (κ1) is 10.9. The Kier molecular flexibility index (Phi) is 3.39. The Hall–Kier alpha value is -1.58. The van der Waals surface area contributed by atoms with E-state index in [2.05, 4.69) is 15.3 Å². The molecule has 0 spiro atoms. The summed E-state index contributed by atoms with van der Waals surface area (Å²) >= 11 is 0. The van der Waals surface area contributed by atoms with Gasteiger partial charge in [-0.3, -0.25) is 4.99 Å². The van der Waals surface area contributed by atoms with Crippen LogP contribution in [0.3, 0.4) is 0 Å². The third kappa shape index (κ3) is 2.51. The van der Waals surface area contributed by atoms with Crippen LogP contribution >= 0.6 is 0 Å². The number of pyridine rings is 1. The van der Waals surface area contributed by atoms with Crippen LogP contribution in [0.4, 0.5) is 0 Å². The summed E-state index contributed by atoms with van der Waals surface area (Å²) < 4.78 is 5.67. The zero-order valence-corrected chi connectivity index (χ0v) is 9.73. The quantitative estimate of drug-likeness (QED) is 0.840. The van der Waals surface area contributed by atoms with Crippen LogP contribution in [0, 0.1) is 0 Å². The molecule has 1 aromatic rings. The van der Waals surface area contributed by atoms with Gasteiger partial charge in [0.15, 0.2) is 0 Å². The second-order valence-electron chi connectivity index (χ2n) is 4.03. The maximum absolute atomic E-state index is 5.67. The summed E-state index contributed by atoms with van der Waals surface area (Å²) in [6, 6.07) is 3.89. The minimum absolute atomic E-state index is 0.123. The summed E-state index contributed by atoms with van der Waals surface area (Å²) in [7, 11) is 0. The van der Waals surface area contributed by atoms with E-state index >= 15 is 0 Å². The molecular formula is C12H17N3O. The topological polar surface area (TPSA) is 46.5 Å². The lowest BCUT2D eigenvalue weighted by molar-refractivity contribution is 0.232. The van der Waals surface area contributed by atoms with E-state index in [4.69, 9.17) is 4.74 Å². The fourth-order valence-electron chi connectivity index (χ4n) is 1.60. The third-order valence-electron chi connectivity index (χ3n) is 2.27. The summed E-state index contributed by atoms with van der Waals surface area (Å²) in [6.07, 6.45) is 2.95. The van der Waals surface area contributed by atoms with Gasteiger partial charge in [0.25, 0.3) is 0 Å². The molecule has 0 unspecified atom stereocenters. The van der Waals surface area contributed by atoms with E-state index in [1.807, 2.05) is 26.0 Å². The normalized spacial score (nSPS) is 15.6. The smallest absolute Gasteiger partial charge is 0.224 e. The molecule has 0 bridgehead atoms. The maximum atomic E-state index is 5.67. The molecule has 0 saturated carbocycles. The van der Waals surface area contributed by atoms with Crippen molar-refractivity contribution >= 4 is 5.84 Å². The standard InChI is InChI=1S/C12H17N3O/c1-9(2)16-12-10(5-3-6-15-12)11-13-7-4-8-14-11/h3,5-6,9H,4,7-8H2,1-2H3,(H,13,14). The molecule has 0 atom stereocenters. The summed E-state index contributed by atoms with van der Waals surface area (Å²) in [5.74, 6) is 1.56. The van der Waals surface area contributed by atoms with Crippen LogP contribution in [0.5, 0.6) is 5.88 Å². The molecule has 0 amide bonds. The van der Waals surface area contributed by atoms with Gasteiger partial charge < -0.3 is 10.1 Å². The molecule has 1 aliphatic heterocycles. The first-order valence-corrected chi connectivity index (χ1v) is 5.68. The number of amidine groups is 1. The number of nitrogens with one attached hydrogen (secondary N) is 1. The van der Waals surface area contributed by atoms with E-state index in [-0.39, 0.29) is 6.10 Å². The molecule has 0 radical (unpaired) electrons. The Labute approximate surface area is 95.8 Å². The second kappa shape index (κ2) is 4.96. The van der Waals surface area contributed by atoms with Crippen LogP contribution in [0.1, 0.15) is 25.8 Å². The van der Waals surface area contributed by atoms with Crippen LogP contribution in [0.15, 0.2) is 23.3 Å². The molecule has 1 aliphatic rings. The van der Waals surface area contributed by atoms with Crippen molar-refractivity contribution in [1.82, 2.24) is 10.3 Å². The fourth-order valence-corrected chi connectivity index (χ4v) is 1.60. The molecule has 4 heteroatoms. The SMILES string of the molecule is CC(C)Oc1ncccc1C1=NCCCN1. The van der Waals surface area contributed by atoms with Crippen LogP contribution < -0.4 is 10.1 Å². The number of hydrogen-bond acceptors (Lipinski definition) is 4. The van der Waals surface area contributed by atoms with Crippen LogP contribution in [-0.4, -0.2) is 30.0 Å². The number of rotatable bonds is 3. The molecule has 2 rings (SSSR count). The molecule has 1 N–H and O–H groups in total. The number of nitrogens with zero attached hydrogens (tertiary/aromatic N) is 2. The lowest BCUT2D eigenvalue weighted by Gasteiger charge is -2.17. The molecule has 4 nitrogen and oxygen atoms in total. The predicted molar refractivity (Wildman–Crippen MR) is 64.0 cm³/mol. The minimum Gasteiger partial charge on any atom is -0.474 e. The summed E-state index contributed by atoms with van der Waals surface area (Å²) in [6.45, 7) is 5.83. The Bertz CT molecular complexity index is 388. The van der Waals surface area contributed by atoms with Gasteiger partial charge in [0, 0.05) is 19.3 Å². The zero-order chi connectivity index (χ0) is 11.4. The lowest BCUT2D eigenvalue weighted by Crippen LogP contribution is -2.31. The van der Waals surface area contributed by atoms with Gasteiger partial charge in [0.1, 0.15) is 5.84 Å². The van der Waals surface area contributed by atoms with Crippen molar-refractivity contribution in [2.75, 3.05) is 13.1 Å². The molecule has 1 aromatic heterocycles. The monoisotopic (exact) mass is 219 g/mol. The van der Waals surface area contributed by atoms with Crippen LogP contribution in [0.25, 0.3) is 0 Å². The third-order valence-corrected chi connectivity index (χ3v) is 2.27. The first-order chi connectivity index (χ1) is 7.77. The Morgan fingerprint density at radius 3 is 3.00 bits per heavy atom. The zero-order valence-electron chi connectivity index (χ0n) is 9.73. The highest BCUT2D eigenvalue weighted by Gasteiger charge is 2.14. The first-order valence-electron chi connectivity index (χ1n) is 5.68. The van der Waals surface area contributed by atoms with Crippen molar-refractivity contribution in [2.45, 2.75) is 26.4 Å². The van der Waals surface area contributed by atoms with Crippen molar-refractivity contribution in [2.24, 2.45) is 4.99 Å². The van der Waals surface area contributed by atoms with Gasteiger partial charge in [0.2, 0.25) is 5.88 Å². The van der Waals surface area contributed by atoms with E-state index in [0.717, 1.165) is 30.9 Å². The lowest BCUT2D eigenvalue weighted by atomic mass is 10.2. The highest BCUT2D eigenvalue weighted by Crippen LogP contribution is 2.17. The van der Waals surface area contributed by atoms with Crippen molar-refractivity contribution in [1.29, 1.82) is 0 Å². The van der Waals surface area contributed by atoms with Crippen molar-refractivity contribution in [3.63, 3.8) is 0 Å². The van der Waals surface area contributed by atoms with E-state index in [0.29, 0.717) is 5.88 Å². The van der Waals surface area contributed by atoms with E-state index in [1.165, 1.54) is 0 Å². The molecule has 0 fully saturated rings. The molecule has 86 valence electrons. The highest BCUT2D eigenvalue weighted by molar-refractivity contribution is 6.00. The van der Waals surface area contributed by atoms with Crippen molar-refractivity contribution in [3.05, 3.63) is 23.9 Å². The van der Waals surface area contributed by atoms with Gasteiger partial charge in [-0.25, -0.2) is 4.98 Å². The van der Waals surface area contributed by atoms with Gasteiger partial charge in [0.05, 0.1) is 11.7 Å². The van der Waals surface area contributed by atoms with Crippen LogP contribution in [-0.2, 0) is 0 Å². The second-order valence-corrected chi connectivity index (χ2v) is 4.03. The maximum Gasteiger partial charge on any atom is 0.224 e. The van der Waals surface area contributed by atoms with Crippen molar-refractivity contribution < 1.29 is 4.74 Å². The van der Waals surface area contributed by atoms with E-state index < -0.39 is 0 Å². The number of aliphatic imine (C=N–C) groups is 1. The van der Waals surface area contributed by atoms with Gasteiger partial charge in [-0.05, 0) is 32.4 Å². The molecular weight excluding hydrogens is 202 g/mol. The Balaban J connectivity index is 2.28. The van der Waals surface area contributed by atoms with Gasteiger partial charge in [-0.2, -0.15) is 0 Å². The molecule has 2 heterocycles. The number of ether oxygens (including phenoxy) is 1. The molecule has 16 heavy (non-hydrogen) atoms. The van der Waals surface area contributed by atoms with E-state index in [1.54, 1.807) is 6.20 Å². The van der Waals surface area contributed by atoms with Gasteiger partial charge in [-0.15, -0.1) is 0 Å². The highest BCUT2D eigenvalue weighted by atomic mass is 16.5.